The molecule has 3 heterocycles. The Kier molecular flexibility index (Phi) is 5.92. The Morgan fingerprint density at radius 1 is 1.03 bits per heavy atom. The highest BCUT2D eigenvalue weighted by atomic mass is 35.5. The summed E-state index contributed by atoms with van der Waals surface area (Å²) >= 11 is 6.49. The molecule has 1 aliphatic heterocycles. The SMILES string of the molecule is Cc1cc(N2CCN(C)S2(=O)=O)ccc1C(=O)Nc1ccc(Cl)c(-c2nccc3ncccc23)c1. The number of likely N-dealkylation sites (N-methyl/N-ethyl adjacent to an activating group) is 1. The molecule has 1 saturated heterocycles. The molecular formula is C25H22ClN5O3S. The zero-order valence-electron chi connectivity index (χ0n) is 19.1. The number of aromatic nitrogens is 2. The van der Waals surface area contributed by atoms with E-state index in [-0.39, 0.29) is 5.91 Å². The first-order chi connectivity index (χ1) is 16.8. The Balaban J connectivity index is 1.43. The van der Waals surface area contributed by atoms with Gasteiger partial charge in [-0.2, -0.15) is 12.7 Å². The van der Waals surface area contributed by atoms with Crippen molar-refractivity contribution in [1.82, 2.24) is 14.3 Å². The van der Waals surface area contributed by atoms with Crippen LogP contribution in [0.1, 0.15) is 15.9 Å². The normalized spacial score (nSPS) is 15.5. The predicted molar refractivity (Wildman–Crippen MR) is 138 cm³/mol. The maximum absolute atomic E-state index is 13.1. The number of nitrogens with one attached hydrogen (secondary N) is 1. The number of aryl methyl sites for hydroxylation is 1. The number of carbonyl (C=O) groups excluding carboxylic acids is 1. The molecule has 8 nitrogen and oxygen atoms in total. The molecule has 10 heteroatoms. The summed E-state index contributed by atoms with van der Waals surface area (Å²) in [6.45, 7) is 2.57. The Hall–Kier alpha value is -3.53. The largest absolute Gasteiger partial charge is 0.322 e. The fourth-order valence-corrected chi connectivity index (χ4v) is 5.70. The lowest BCUT2D eigenvalue weighted by molar-refractivity contribution is 0.102. The van der Waals surface area contributed by atoms with Crippen molar-refractivity contribution >= 4 is 50.0 Å². The lowest BCUT2D eigenvalue weighted by Crippen LogP contribution is -2.30. The van der Waals surface area contributed by atoms with Gasteiger partial charge in [0.2, 0.25) is 0 Å². The van der Waals surface area contributed by atoms with E-state index in [4.69, 9.17) is 11.6 Å². The molecule has 0 bridgehead atoms. The van der Waals surface area contributed by atoms with Crippen LogP contribution >= 0.6 is 11.6 Å². The molecule has 1 fully saturated rings. The van der Waals surface area contributed by atoms with Gasteiger partial charge in [-0.25, -0.2) is 0 Å². The van der Waals surface area contributed by atoms with Gasteiger partial charge < -0.3 is 5.32 Å². The van der Waals surface area contributed by atoms with E-state index in [0.717, 1.165) is 10.9 Å². The van der Waals surface area contributed by atoms with Crippen LogP contribution in [-0.4, -0.2) is 48.7 Å². The lowest BCUT2D eigenvalue weighted by Gasteiger charge is -2.19. The molecule has 1 aliphatic rings. The fourth-order valence-electron chi connectivity index (χ4n) is 4.15. The van der Waals surface area contributed by atoms with Gasteiger partial charge in [-0.15, -0.1) is 0 Å². The quantitative estimate of drug-likeness (QED) is 0.438. The number of amides is 1. The standard InChI is InChI=1S/C25H22ClN5O3S/c1-16-14-18(31-13-12-30(2)35(31,33)34)6-7-19(16)25(32)29-17-5-8-22(26)21(15-17)24-20-4-3-10-27-23(20)9-11-28-24/h3-11,14-15H,12-13H2,1-2H3,(H,29,32). The Morgan fingerprint density at radius 3 is 2.60 bits per heavy atom. The van der Waals surface area contributed by atoms with Gasteiger partial charge in [0.25, 0.3) is 5.91 Å². The average Bonchev–Trinajstić information content (AvgIpc) is 3.11. The maximum atomic E-state index is 13.1. The average molecular weight is 508 g/mol. The van der Waals surface area contributed by atoms with Crippen LogP contribution < -0.4 is 9.62 Å². The van der Waals surface area contributed by atoms with Gasteiger partial charge in [-0.05, 0) is 67.1 Å². The van der Waals surface area contributed by atoms with Gasteiger partial charge in [0, 0.05) is 54.7 Å². The minimum absolute atomic E-state index is 0.309. The lowest BCUT2D eigenvalue weighted by atomic mass is 10.0. The van der Waals surface area contributed by atoms with Crippen molar-refractivity contribution in [2.75, 3.05) is 29.8 Å². The molecule has 0 saturated carbocycles. The molecule has 5 rings (SSSR count). The number of halogens is 1. The van der Waals surface area contributed by atoms with Crippen molar-refractivity contribution < 1.29 is 13.2 Å². The molecule has 4 aromatic rings. The van der Waals surface area contributed by atoms with E-state index in [1.54, 1.807) is 62.8 Å². The Labute approximate surface area is 208 Å². The summed E-state index contributed by atoms with van der Waals surface area (Å²) in [4.78, 5) is 22.0. The van der Waals surface area contributed by atoms with Crippen LogP contribution in [0.3, 0.4) is 0 Å². The van der Waals surface area contributed by atoms with Crippen molar-refractivity contribution in [3.8, 4) is 11.3 Å². The van der Waals surface area contributed by atoms with Crippen molar-refractivity contribution in [3.05, 3.63) is 83.1 Å². The number of hydrogen-bond acceptors (Lipinski definition) is 5. The Morgan fingerprint density at radius 2 is 1.86 bits per heavy atom. The first kappa shape index (κ1) is 23.2. The third-order valence-corrected chi connectivity index (χ3v) is 8.29. The zero-order valence-corrected chi connectivity index (χ0v) is 20.6. The molecule has 2 aromatic carbocycles. The Bertz CT molecular complexity index is 1570. The van der Waals surface area contributed by atoms with Crippen molar-refractivity contribution in [2.24, 2.45) is 0 Å². The summed E-state index contributed by atoms with van der Waals surface area (Å²) in [7, 11) is -1.97. The number of hydrogen-bond donors (Lipinski definition) is 1. The van der Waals surface area contributed by atoms with Crippen LogP contribution in [0.25, 0.3) is 22.2 Å². The smallest absolute Gasteiger partial charge is 0.303 e. The third-order valence-electron chi connectivity index (χ3n) is 6.04. The van der Waals surface area contributed by atoms with Crippen LogP contribution in [0.4, 0.5) is 11.4 Å². The summed E-state index contributed by atoms with van der Waals surface area (Å²) in [6.07, 6.45) is 3.39. The highest BCUT2D eigenvalue weighted by Crippen LogP contribution is 2.33. The van der Waals surface area contributed by atoms with Gasteiger partial charge in [0.1, 0.15) is 0 Å². The van der Waals surface area contributed by atoms with E-state index in [9.17, 15) is 13.2 Å². The van der Waals surface area contributed by atoms with Crippen molar-refractivity contribution in [2.45, 2.75) is 6.92 Å². The number of anilines is 2. The summed E-state index contributed by atoms with van der Waals surface area (Å²) in [5.74, 6) is -0.309. The van der Waals surface area contributed by atoms with E-state index in [1.807, 2.05) is 18.2 Å². The summed E-state index contributed by atoms with van der Waals surface area (Å²) in [5, 5.41) is 4.28. The minimum Gasteiger partial charge on any atom is -0.322 e. The van der Waals surface area contributed by atoms with Crippen LogP contribution in [0.2, 0.25) is 5.02 Å². The van der Waals surface area contributed by atoms with Crippen LogP contribution in [0.5, 0.6) is 0 Å². The summed E-state index contributed by atoms with van der Waals surface area (Å²) in [5.41, 5.74) is 4.36. The molecule has 1 amide bonds. The third kappa shape index (κ3) is 4.22. The topological polar surface area (TPSA) is 95.5 Å². The number of carbonyl (C=O) groups is 1. The molecule has 0 atom stereocenters. The molecule has 35 heavy (non-hydrogen) atoms. The fraction of sp³-hybridized carbons (Fsp3) is 0.160. The molecular weight excluding hydrogens is 486 g/mol. The number of pyridine rings is 2. The highest BCUT2D eigenvalue weighted by Gasteiger charge is 2.34. The van der Waals surface area contributed by atoms with Gasteiger partial charge in [-0.1, -0.05) is 11.6 Å². The first-order valence-corrected chi connectivity index (χ1v) is 12.7. The second-order valence-electron chi connectivity index (χ2n) is 8.28. The monoisotopic (exact) mass is 507 g/mol. The number of rotatable bonds is 4. The molecule has 1 N–H and O–H groups in total. The minimum atomic E-state index is -3.52. The van der Waals surface area contributed by atoms with Gasteiger partial charge in [0.05, 0.1) is 21.9 Å². The molecule has 0 unspecified atom stereocenters. The second kappa shape index (κ2) is 8.92. The van der Waals surface area contributed by atoms with Crippen LogP contribution in [0, 0.1) is 6.92 Å². The summed E-state index contributed by atoms with van der Waals surface area (Å²) in [6, 6.07) is 15.8. The molecule has 178 valence electrons. The van der Waals surface area contributed by atoms with E-state index >= 15 is 0 Å². The van der Waals surface area contributed by atoms with E-state index in [2.05, 4.69) is 15.3 Å². The van der Waals surface area contributed by atoms with Crippen molar-refractivity contribution in [1.29, 1.82) is 0 Å². The van der Waals surface area contributed by atoms with E-state index in [0.29, 0.717) is 51.9 Å². The summed E-state index contributed by atoms with van der Waals surface area (Å²) < 4.78 is 27.6. The molecule has 0 spiro atoms. The zero-order chi connectivity index (χ0) is 24.7. The second-order valence-corrected chi connectivity index (χ2v) is 10.6. The first-order valence-electron chi connectivity index (χ1n) is 10.9. The molecule has 0 aliphatic carbocycles. The number of fused-ring (bicyclic) bond motifs is 1. The van der Waals surface area contributed by atoms with Gasteiger partial charge in [0.15, 0.2) is 0 Å². The van der Waals surface area contributed by atoms with Crippen molar-refractivity contribution in [3.63, 3.8) is 0 Å². The number of nitrogens with zero attached hydrogens (tertiary/aromatic N) is 4. The predicted octanol–water partition coefficient (Wildman–Crippen LogP) is 4.51. The van der Waals surface area contributed by atoms with Crippen LogP contribution in [0.15, 0.2) is 67.0 Å². The molecule has 2 aromatic heterocycles. The highest BCUT2D eigenvalue weighted by molar-refractivity contribution is 7.90. The van der Waals surface area contributed by atoms with Gasteiger partial charge >= 0.3 is 10.2 Å². The molecule has 0 radical (unpaired) electrons. The van der Waals surface area contributed by atoms with E-state index < -0.39 is 10.2 Å². The van der Waals surface area contributed by atoms with Gasteiger partial charge in [-0.3, -0.25) is 19.1 Å². The van der Waals surface area contributed by atoms with E-state index in [1.165, 1.54) is 8.61 Å². The maximum Gasteiger partial charge on any atom is 0.303 e. The number of benzene rings is 2. The van der Waals surface area contributed by atoms with Crippen LogP contribution in [-0.2, 0) is 10.2 Å².